The predicted octanol–water partition coefficient (Wildman–Crippen LogP) is 2.54. The molecule has 1 aromatic carbocycles. The number of fused-ring (bicyclic) bond motifs is 1. The maximum atomic E-state index is 12.4. The van der Waals surface area contributed by atoms with Crippen LogP contribution in [0.5, 0.6) is 5.75 Å². The minimum Gasteiger partial charge on any atom is -0.484 e. The summed E-state index contributed by atoms with van der Waals surface area (Å²) in [6, 6.07) is 8.05. The molecule has 1 saturated carbocycles. The number of ether oxygens (including phenoxy) is 2. The molecule has 1 heterocycles. The number of carbonyl (C=O) groups is 1. The van der Waals surface area contributed by atoms with Gasteiger partial charge in [0.2, 0.25) is 0 Å². The van der Waals surface area contributed by atoms with Gasteiger partial charge in [0.1, 0.15) is 5.75 Å². The molecule has 4 heteroatoms. The average molecular weight is 289 g/mol. The van der Waals surface area contributed by atoms with Gasteiger partial charge in [-0.3, -0.25) is 4.79 Å². The average Bonchev–Trinajstić information content (AvgIpc) is 2.53. The van der Waals surface area contributed by atoms with Gasteiger partial charge in [-0.05, 0) is 31.9 Å². The molecule has 2 fully saturated rings. The number of aryl methyl sites for hydroxylation is 1. The molecule has 4 nitrogen and oxygen atoms in total. The number of amides is 1. The molecule has 3 rings (SSSR count). The van der Waals surface area contributed by atoms with Crippen molar-refractivity contribution in [3.05, 3.63) is 29.8 Å². The molecule has 1 saturated heterocycles. The molecule has 0 N–H and O–H groups in total. The van der Waals surface area contributed by atoms with Crippen molar-refractivity contribution in [3.8, 4) is 5.75 Å². The lowest BCUT2D eigenvalue weighted by molar-refractivity contribution is -0.151. The van der Waals surface area contributed by atoms with E-state index in [1.807, 2.05) is 36.1 Å². The number of nitrogens with zero attached hydrogens (tertiary/aromatic N) is 1. The summed E-state index contributed by atoms with van der Waals surface area (Å²) < 4.78 is 11.4. The van der Waals surface area contributed by atoms with E-state index in [2.05, 4.69) is 0 Å². The molecule has 0 unspecified atom stereocenters. The molecular weight excluding hydrogens is 266 g/mol. The number of benzene rings is 1. The van der Waals surface area contributed by atoms with Crippen LogP contribution in [0.1, 0.15) is 31.2 Å². The molecule has 0 aromatic heterocycles. The zero-order chi connectivity index (χ0) is 14.7. The molecule has 1 aromatic rings. The van der Waals surface area contributed by atoms with E-state index in [1.165, 1.54) is 18.4 Å². The molecule has 2 atom stereocenters. The van der Waals surface area contributed by atoms with E-state index in [0.717, 1.165) is 18.6 Å². The van der Waals surface area contributed by atoms with Crippen molar-refractivity contribution in [2.45, 2.75) is 44.8 Å². The Hall–Kier alpha value is -1.55. The van der Waals surface area contributed by atoms with Gasteiger partial charge >= 0.3 is 0 Å². The lowest BCUT2D eigenvalue weighted by Crippen LogP contribution is -2.55. The van der Waals surface area contributed by atoms with Gasteiger partial charge < -0.3 is 14.4 Å². The normalized spacial score (nSPS) is 25.3. The molecule has 2 aliphatic rings. The summed E-state index contributed by atoms with van der Waals surface area (Å²) in [5.74, 6) is 0.832. The second kappa shape index (κ2) is 6.48. The molecule has 0 bridgehead atoms. The quantitative estimate of drug-likeness (QED) is 0.858. The molecular formula is C17H23NO3. The predicted molar refractivity (Wildman–Crippen MR) is 80.4 cm³/mol. The van der Waals surface area contributed by atoms with Gasteiger partial charge in [0, 0.05) is 6.54 Å². The van der Waals surface area contributed by atoms with Crippen LogP contribution in [0.2, 0.25) is 0 Å². The third-order valence-electron chi connectivity index (χ3n) is 4.44. The van der Waals surface area contributed by atoms with Crippen molar-refractivity contribution in [1.29, 1.82) is 0 Å². The van der Waals surface area contributed by atoms with Gasteiger partial charge in [0.25, 0.3) is 5.91 Å². The first-order chi connectivity index (χ1) is 10.2. The second-order valence-electron chi connectivity index (χ2n) is 5.95. The van der Waals surface area contributed by atoms with Crippen LogP contribution < -0.4 is 4.74 Å². The molecule has 1 amide bonds. The Labute approximate surface area is 126 Å². The largest absolute Gasteiger partial charge is 0.484 e. The van der Waals surface area contributed by atoms with E-state index in [9.17, 15) is 4.79 Å². The topological polar surface area (TPSA) is 38.8 Å². The zero-order valence-electron chi connectivity index (χ0n) is 12.6. The van der Waals surface area contributed by atoms with E-state index in [0.29, 0.717) is 13.2 Å². The smallest absolute Gasteiger partial charge is 0.260 e. The molecule has 1 aliphatic heterocycles. The zero-order valence-corrected chi connectivity index (χ0v) is 12.6. The van der Waals surface area contributed by atoms with Crippen molar-refractivity contribution in [2.75, 3.05) is 19.8 Å². The van der Waals surface area contributed by atoms with Gasteiger partial charge in [0.15, 0.2) is 6.61 Å². The summed E-state index contributed by atoms with van der Waals surface area (Å²) in [6.07, 6.45) is 4.76. The first-order valence-corrected chi connectivity index (χ1v) is 7.84. The third-order valence-corrected chi connectivity index (χ3v) is 4.44. The number of hydrogen-bond acceptors (Lipinski definition) is 3. The highest BCUT2D eigenvalue weighted by atomic mass is 16.5. The number of morpholine rings is 1. The Morgan fingerprint density at radius 1 is 1.29 bits per heavy atom. The van der Waals surface area contributed by atoms with E-state index in [1.54, 1.807) is 0 Å². The molecule has 114 valence electrons. The van der Waals surface area contributed by atoms with E-state index in [4.69, 9.17) is 9.47 Å². The maximum Gasteiger partial charge on any atom is 0.260 e. The fraction of sp³-hybridized carbons (Fsp3) is 0.588. The minimum absolute atomic E-state index is 0.0794. The summed E-state index contributed by atoms with van der Waals surface area (Å²) in [6.45, 7) is 3.49. The second-order valence-corrected chi connectivity index (χ2v) is 5.95. The standard InChI is InChI=1S/C17H23NO3/c1-13-6-8-14(9-7-13)21-12-17(19)18-10-11-20-16-5-3-2-4-15(16)18/h6-9,15-16H,2-5,10-12H2,1H3/t15-,16+/m1/s1. The number of carbonyl (C=O) groups excluding carboxylic acids is 1. The van der Waals surface area contributed by atoms with Crippen LogP contribution in [0.15, 0.2) is 24.3 Å². The summed E-state index contributed by atoms with van der Waals surface area (Å²) in [4.78, 5) is 14.4. The highest BCUT2D eigenvalue weighted by Crippen LogP contribution is 2.28. The molecule has 0 radical (unpaired) electrons. The van der Waals surface area contributed by atoms with Crippen molar-refractivity contribution >= 4 is 5.91 Å². The fourth-order valence-electron chi connectivity index (χ4n) is 3.27. The first kappa shape index (κ1) is 14.4. The summed E-state index contributed by atoms with van der Waals surface area (Å²) in [5.41, 5.74) is 1.19. The van der Waals surface area contributed by atoms with Crippen molar-refractivity contribution < 1.29 is 14.3 Å². The van der Waals surface area contributed by atoms with Crippen molar-refractivity contribution in [2.24, 2.45) is 0 Å². The molecule has 1 aliphatic carbocycles. The van der Waals surface area contributed by atoms with Crippen LogP contribution in [0.3, 0.4) is 0 Å². The lowest BCUT2D eigenvalue weighted by Gasteiger charge is -2.43. The fourth-order valence-corrected chi connectivity index (χ4v) is 3.27. The summed E-state index contributed by atoms with van der Waals surface area (Å²) in [5, 5.41) is 0. The molecule has 0 spiro atoms. The highest BCUT2D eigenvalue weighted by molar-refractivity contribution is 5.78. The van der Waals surface area contributed by atoms with E-state index < -0.39 is 0 Å². The van der Waals surface area contributed by atoms with Crippen LogP contribution in [0, 0.1) is 6.92 Å². The lowest BCUT2D eigenvalue weighted by atomic mass is 9.90. The Balaban J connectivity index is 1.57. The monoisotopic (exact) mass is 289 g/mol. The van der Waals surface area contributed by atoms with E-state index >= 15 is 0 Å². The Morgan fingerprint density at radius 3 is 2.86 bits per heavy atom. The SMILES string of the molecule is Cc1ccc(OCC(=O)N2CCO[C@H]3CCCC[C@H]32)cc1. The van der Waals surface area contributed by atoms with Crippen LogP contribution in [0.4, 0.5) is 0 Å². The van der Waals surface area contributed by atoms with Crippen LogP contribution in [-0.4, -0.2) is 42.7 Å². The number of hydrogen-bond donors (Lipinski definition) is 0. The van der Waals surface area contributed by atoms with Gasteiger partial charge in [-0.25, -0.2) is 0 Å². The molecule has 21 heavy (non-hydrogen) atoms. The summed E-state index contributed by atoms with van der Waals surface area (Å²) >= 11 is 0. The van der Waals surface area contributed by atoms with Gasteiger partial charge in [-0.15, -0.1) is 0 Å². The van der Waals surface area contributed by atoms with Crippen LogP contribution >= 0.6 is 0 Å². The summed E-state index contributed by atoms with van der Waals surface area (Å²) in [7, 11) is 0. The van der Waals surface area contributed by atoms with Gasteiger partial charge in [-0.2, -0.15) is 0 Å². The highest BCUT2D eigenvalue weighted by Gasteiger charge is 2.36. The minimum atomic E-state index is 0.0794. The van der Waals surface area contributed by atoms with Gasteiger partial charge in [-0.1, -0.05) is 30.5 Å². The Kier molecular flexibility index (Phi) is 4.44. The Bertz CT molecular complexity index is 483. The number of rotatable bonds is 3. The van der Waals surface area contributed by atoms with Crippen molar-refractivity contribution in [3.63, 3.8) is 0 Å². The third kappa shape index (κ3) is 3.38. The van der Waals surface area contributed by atoms with E-state index in [-0.39, 0.29) is 24.7 Å². The van der Waals surface area contributed by atoms with Crippen LogP contribution in [0.25, 0.3) is 0 Å². The Morgan fingerprint density at radius 2 is 2.05 bits per heavy atom. The first-order valence-electron chi connectivity index (χ1n) is 7.84. The maximum absolute atomic E-state index is 12.4. The van der Waals surface area contributed by atoms with Gasteiger partial charge in [0.05, 0.1) is 18.8 Å². The van der Waals surface area contributed by atoms with Crippen LogP contribution in [-0.2, 0) is 9.53 Å². The van der Waals surface area contributed by atoms with Crippen molar-refractivity contribution in [1.82, 2.24) is 4.90 Å².